The second kappa shape index (κ2) is 6.71. The van der Waals surface area contributed by atoms with Crippen LogP contribution in [-0.4, -0.2) is 28.1 Å². The number of Topliss-reactive ketones (excluding diaryl/α,β-unsaturated/α-hetero) is 1. The van der Waals surface area contributed by atoms with Gasteiger partial charge in [-0.05, 0) is 12.1 Å². The number of nitrogens with two attached hydrogens (primary N) is 1. The standard InChI is InChI=1S/C14H10ClF4N3O3/c1-22-12(20)10(11(21-22)14(17,18)19)13(24)25-5-8(23)9-6(15)3-2-4-7(9)16/h2-4H,5,20H2,1H3. The number of alkyl halides is 3. The minimum atomic E-state index is -4.96. The third kappa shape index (κ3) is 3.73. The Balaban J connectivity index is 2.23. The van der Waals surface area contributed by atoms with Crippen LogP contribution in [0.25, 0.3) is 0 Å². The first-order chi connectivity index (χ1) is 11.5. The molecule has 2 rings (SSSR count). The van der Waals surface area contributed by atoms with Crippen LogP contribution in [0.4, 0.5) is 23.4 Å². The molecule has 0 saturated heterocycles. The summed E-state index contributed by atoms with van der Waals surface area (Å²) in [4.78, 5) is 23.8. The Labute approximate surface area is 143 Å². The number of halogens is 5. The van der Waals surface area contributed by atoms with Gasteiger partial charge in [0.1, 0.15) is 17.2 Å². The van der Waals surface area contributed by atoms with Crippen LogP contribution in [0, 0.1) is 5.82 Å². The van der Waals surface area contributed by atoms with Gasteiger partial charge in [-0.2, -0.15) is 18.3 Å². The number of aryl methyl sites for hydroxylation is 1. The van der Waals surface area contributed by atoms with E-state index in [2.05, 4.69) is 9.84 Å². The summed E-state index contributed by atoms with van der Waals surface area (Å²) in [5.41, 5.74) is 2.29. The molecular formula is C14H10ClF4N3O3. The molecule has 0 atom stereocenters. The molecule has 11 heteroatoms. The number of ether oxygens (including phenoxy) is 1. The monoisotopic (exact) mass is 379 g/mol. The number of carbonyl (C=O) groups is 2. The van der Waals surface area contributed by atoms with E-state index in [-0.39, 0.29) is 5.02 Å². The number of ketones is 1. The molecule has 0 saturated carbocycles. The molecule has 0 aliphatic carbocycles. The lowest BCUT2D eigenvalue weighted by molar-refractivity contribution is -0.142. The van der Waals surface area contributed by atoms with Gasteiger partial charge in [0.15, 0.2) is 12.3 Å². The van der Waals surface area contributed by atoms with Crippen LogP contribution in [0.5, 0.6) is 0 Å². The van der Waals surface area contributed by atoms with Crippen molar-refractivity contribution in [1.82, 2.24) is 9.78 Å². The van der Waals surface area contributed by atoms with Crippen molar-refractivity contribution in [3.05, 3.63) is 45.9 Å². The van der Waals surface area contributed by atoms with Gasteiger partial charge in [-0.15, -0.1) is 0 Å². The number of carbonyl (C=O) groups excluding carboxylic acids is 2. The van der Waals surface area contributed by atoms with E-state index >= 15 is 0 Å². The summed E-state index contributed by atoms with van der Waals surface area (Å²) in [5, 5.41) is 2.89. The fourth-order valence-electron chi connectivity index (χ4n) is 1.98. The van der Waals surface area contributed by atoms with Gasteiger partial charge in [-0.3, -0.25) is 9.48 Å². The van der Waals surface area contributed by atoms with E-state index in [9.17, 15) is 27.2 Å². The Kier molecular flexibility index (Phi) is 5.02. The number of nitrogens with zero attached hydrogens (tertiary/aromatic N) is 2. The Morgan fingerprint density at radius 3 is 2.52 bits per heavy atom. The van der Waals surface area contributed by atoms with E-state index < -0.39 is 53.0 Å². The third-order valence-corrected chi connectivity index (χ3v) is 3.46. The topological polar surface area (TPSA) is 87.2 Å². The van der Waals surface area contributed by atoms with Gasteiger partial charge in [-0.1, -0.05) is 17.7 Å². The fraction of sp³-hybridized carbons (Fsp3) is 0.214. The highest BCUT2D eigenvalue weighted by Gasteiger charge is 2.41. The Bertz CT molecular complexity index is 828. The summed E-state index contributed by atoms with van der Waals surface area (Å²) in [5.74, 6) is -4.08. The maximum Gasteiger partial charge on any atom is 0.436 e. The number of hydrogen-bond acceptors (Lipinski definition) is 5. The predicted molar refractivity (Wildman–Crippen MR) is 78.6 cm³/mol. The molecule has 0 bridgehead atoms. The Hall–Kier alpha value is -2.62. The minimum Gasteiger partial charge on any atom is -0.454 e. The average Bonchev–Trinajstić information content (AvgIpc) is 2.80. The van der Waals surface area contributed by atoms with Crippen LogP contribution in [0.3, 0.4) is 0 Å². The molecule has 2 N–H and O–H groups in total. The Morgan fingerprint density at radius 1 is 1.32 bits per heavy atom. The summed E-state index contributed by atoms with van der Waals surface area (Å²) >= 11 is 5.69. The van der Waals surface area contributed by atoms with Crippen LogP contribution in [-0.2, 0) is 18.0 Å². The summed E-state index contributed by atoms with van der Waals surface area (Å²) in [6.07, 6.45) is -4.96. The van der Waals surface area contributed by atoms with Crippen molar-refractivity contribution in [1.29, 1.82) is 0 Å². The molecule has 1 heterocycles. The van der Waals surface area contributed by atoms with E-state index in [4.69, 9.17) is 17.3 Å². The highest BCUT2D eigenvalue weighted by molar-refractivity contribution is 6.34. The van der Waals surface area contributed by atoms with Gasteiger partial charge in [0.2, 0.25) is 5.78 Å². The zero-order valence-electron chi connectivity index (χ0n) is 12.5. The number of anilines is 1. The second-order valence-electron chi connectivity index (χ2n) is 4.83. The molecule has 2 aromatic rings. The van der Waals surface area contributed by atoms with Crippen LogP contribution in [0.15, 0.2) is 18.2 Å². The lowest BCUT2D eigenvalue weighted by Gasteiger charge is -2.08. The van der Waals surface area contributed by atoms with Crippen molar-refractivity contribution in [2.75, 3.05) is 12.3 Å². The van der Waals surface area contributed by atoms with E-state index in [1.165, 1.54) is 12.1 Å². The van der Waals surface area contributed by atoms with E-state index in [1.807, 2.05) is 0 Å². The van der Waals surface area contributed by atoms with Crippen LogP contribution in [0.2, 0.25) is 5.02 Å². The number of benzene rings is 1. The highest BCUT2D eigenvalue weighted by atomic mass is 35.5. The van der Waals surface area contributed by atoms with Crippen molar-refractivity contribution in [2.24, 2.45) is 7.05 Å². The first-order valence-electron chi connectivity index (χ1n) is 6.58. The summed E-state index contributed by atoms with van der Waals surface area (Å²) < 4.78 is 57.5. The Morgan fingerprint density at radius 2 is 1.96 bits per heavy atom. The summed E-state index contributed by atoms with van der Waals surface area (Å²) in [6, 6.07) is 3.45. The van der Waals surface area contributed by atoms with Gasteiger partial charge in [0, 0.05) is 7.05 Å². The smallest absolute Gasteiger partial charge is 0.436 e. The molecule has 0 spiro atoms. The fourth-order valence-corrected chi connectivity index (χ4v) is 2.24. The van der Waals surface area contributed by atoms with Crippen LogP contribution >= 0.6 is 11.6 Å². The van der Waals surface area contributed by atoms with Crippen molar-refractivity contribution in [2.45, 2.75) is 6.18 Å². The van der Waals surface area contributed by atoms with Gasteiger partial charge >= 0.3 is 12.1 Å². The number of nitrogen functional groups attached to an aromatic ring is 1. The lowest BCUT2D eigenvalue weighted by atomic mass is 10.1. The highest BCUT2D eigenvalue weighted by Crippen LogP contribution is 2.33. The molecule has 0 unspecified atom stereocenters. The summed E-state index contributed by atoms with van der Waals surface area (Å²) in [7, 11) is 1.10. The molecule has 0 fully saturated rings. The van der Waals surface area contributed by atoms with Crippen molar-refractivity contribution < 1.29 is 31.9 Å². The molecule has 0 amide bonds. The molecule has 25 heavy (non-hydrogen) atoms. The normalized spacial score (nSPS) is 11.4. The van der Waals surface area contributed by atoms with Crippen molar-refractivity contribution >= 4 is 29.2 Å². The maximum absolute atomic E-state index is 13.6. The van der Waals surface area contributed by atoms with Crippen molar-refractivity contribution in [3.63, 3.8) is 0 Å². The zero-order chi connectivity index (χ0) is 18.9. The first-order valence-corrected chi connectivity index (χ1v) is 6.95. The molecule has 0 radical (unpaired) electrons. The van der Waals surface area contributed by atoms with Crippen molar-refractivity contribution in [3.8, 4) is 0 Å². The van der Waals surface area contributed by atoms with Crippen LogP contribution in [0.1, 0.15) is 26.4 Å². The number of hydrogen-bond donors (Lipinski definition) is 1. The quantitative estimate of drug-likeness (QED) is 0.501. The molecule has 0 aliphatic heterocycles. The van der Waals surface area contributed by atoms with Gasteiger partial charge in [-0.25, -0.2) is 9.18 Å². The van der Waals surface area contributed by atoms with E-state index in [0.29, 0.717) is 4.68 Å². The molecule has 6 nitrogen and oxygen atoms in total. The second-order valence-corrected chi connectivity index (χ2v) is 5.23. The third-order valence-electron chi connectivity index (χ3n) is 3.14. The average molecular weight is 380 g/mol. The van der Waals surface area contributed by atoms with Crippen LogP contribution < -0.4 is 5.73 Å². The summed E-state index contributed by atoms with van der Waals surface area (Å²) in [6.45, 7) is -1.02. The SMILES string of the molecule is Cn1nc(C(F)(F)F)c(C(=O)OCC(=O)c2c(F)cccc2Cl)c1N. The molecule has 134 valence electrons. The number of rotatable bonds is 4. The molecule has 0 aliphatic rings. The van der Waals surface area contributed by atoms with Gasteiger partial charge in [0.25, 0.3) is 0 Å². The van der Waals surface area contributed by atoms with Gasteiger partial charge < -0.3 is 10.5 Å². The molecule has 1 aromatic heterocycles. The zero-order valence-corrected chi connectivity index (χ0v) is 13.3. The maximum atomic E-state index is 13.6. The number of aromatic nitrogens is 2. The largest absolute Gasteiger partial charge is 0.454 e. The molecule has 1 aromatic carbocycles. The van der Waals surface area contributed by atoms with E-state index in [0.717, 1.165) is 13.1 Å². The molecular weight excluding hydrogens is 370 g/mol. The number of esters is 1. The minimum absolute atomic E-state index is 0.224. The first kappa shape index (κ1) is 18.7. The van der Waals surface area contributed by atoms with E-state index in [1.54, 1.807) is 0 Å². The predicted octanol–water partition coefficient (Wildman–Crippen LogP) is 2.85. The van der Waals surface area contributed by atoms with Gasteiger partial charge in [0.05, 0.1) is 10.6 Å². The lowest BCUT2D eigenvalue weighted by Crippen LogP contribution is -2.19.